The zero-order valence-electron chi connectivity index (χ0n) is 12.8. The molecule has 0 aromatic heterocycles. The summed E-state index contributed by atoms with van der Waals surface area (Å²) in [4.78, 5) is 0. The van der Waals surface area contributed by atoms with E-state index in [-0.39, 0.29) is 0 Å². The van der Waals surface area contributed by atoms with Crippen LogP contribution in [0.15, 0.2) is 22.7 Å². The zero-order chi connectivity index (χ0) is 14.6. The highest BCUT2D eigenvalue weighted by Crippen LogP contribution is 2.34. The Bertz CT molecular complexity index is 439. The second-order valence-electron chi connectivity index (χ2n) is 6.01. The molecule has 1 aliphatic carbocycles. The van der Waals surface area contributed by atoms with E-state index in [4.69, 9.17) is 4.74 Å². The molecule has 2 rings (SSSR count). The van der Waals surface area contributed by atoms with Crippen molar-refractivity contribution in [3.05, 3.63) is 28.2 Å². The van der Waals surface area contributed by atoms with Crippen LogP contribution >= 0.6 is 15.9 Å². The lowest BCUT2D eigenvalue weighted by molar-refractivity contribution is 0.245. The molecule has 2 nitrogen and oxygen atoms in total. The first-order chi connectivity index (χ1) is 9.62. The minimum atomic E-state index is 0.372. The van der Waals surface area contributed by atoms with Crippen LogP contribution in [0.1, 0.15) is 45.1 Å². The van der Waals surface area contributed by atoms with Gasteiger partial charge >= 0.3 is 0 Å². The van der Waals surface area contributed by atoms with Gasteiger partial charge < -0.3 is 10.1 Å². The van der Waals surface area contributed by atoms with Crippen LogP contribution in [0.4, 0.5) is 0 Å². The molecule has 0 radical (unpaired) electrons. The van der Waals surface area contributed by atoms with Crippen molar-refractivity contribution < 1.29 is 4.74 Å². The predicted molar refractivity (Wildman–Crippen MR) is 88.4 cm³/mol. The first-order valence-electron chi connectivity index (χ1n) is 7.68. The van der Waals surface area contributed by atoms with E-state index in [9.17, 15) is 0 Å². The summed E-state index contributed by atoms with van der Waals surface area (Å²) < 4.78 is 6.36. The molecule has 0 saturated heterocycles. The minimum absolute atomic E-state index is 0.372. The maximum Gasteiger partial charge on any atom is 0.133 e. The molecule has 0 atom stereocenters. The Kier molecular flexibility index (Phi) is 5.50. The topological polar surface area (TPSA) is 21.3 Å². The van der Waals surface area contributed by atoms with Crippen LogP contribution in [0.2, 0.25) is 0 Å². The third-order valence-corrected chi connectivity index (χ3v) is 5.26. The van der Waals surface area contributed by atoms with Gasteiger partial charge in [0.25, 0.3) is 0 Å². The van der Waals surface area contributed by atoms with E-state index in [1.807, 2.05) is 0 Å². The summed E-state index contributed by atoms with van der Waals surface area (Å²) in [5.41, 5.74) is 1.76. The predicted octanol–water partition coefficient (Wildman–Crippen LogP) is 4.56. The fourth-order valence-electron chi connectivity index (χ4n) is 2.71. The molecule has 1 aromatic rings. The van der Waals surface area contributed by atoms with Gasteiger partial charge in [0.05, 0.1) is 11.6 Å². The lowest BCUT2D eigenvalue weighted by Gasteiger charge is -2.32. The van der Waals surface area contributed by atoms with Crippen molar-refractivity contribution in [2.45, 2.75) is 52.0 Å². The summed E-state index contributed by atoms with van der Waals surface area (Å²) in [7, 11) is 1.71. The van der Waals surface area contributed by atoms with Gasteiger partial charge in [-0.1, -0.05) is 19.9 Å². The van der Waals surface area contributed by atoms with Gasteiger partial charge in [-0.15, -0.1) is 0 Å². The van der Waals surface area contributed by atoms with Crippen molar-refractivity contribution in [3.63, 3.8) is 0 Å². The zero-order valence-corrected chi connectivity index (χ0v) is 14.4. The molecular weight excluding hydrogens is 314 g/mol. The van der Waals surface area contributed by atoms with E-state index in [0.29, 0.717) is 5.41 Å². The summed E-state index contributed by atoms with van der Waals surface area (Å²) in [6, 6.07) is 7.25. The molecule has 20 heavy (non-hydrogen) atoms. The number of hydrogen-bond donors (Lipinski definition) is 1. The molecule has 1 aromatic carbocycles. The molecule has 3 heteroatoms. The van der Waals surface area contributed by atoms with Crippen molar-refractivity contribution in [1.82, 2.24) is 5.32 Å². The highest BCUT2D eigenvalue weighted by Gasteiger charge is 2.30. The van der Waals surface area contributed by atoms with Crippen molar-refractivity contribution in [2.75, 3.05) is 13.7 Å². The number of methoxy groups -OCH3 is 1. The summed E-state index contributed by atoms with van der Waals surface area (Å²) in [5, 5.41) is 3.72. The molecule has 0 unspecified atom stereocenters. The maximum absolute atomic E-state index is 5.31. The van der Waals surface area contributed by atoms with Gasteiger partial charge in [0, 0.05) is 12.6 Å². The monoisotopic (exact) mass is 339 g/mol. The maximum atomic E-state index is 5.31. The van der Waals surface area contributed by atoms with Crippen molar-refractivity contribution in [1.29, 1.82) is 0 Å². The van der Waals surface area contributed by atoms with Crippen LogP contribution in [0, 0.1) is 5.41 Å². The summed E-state index contributed by atoms with van der Waals surface area (Å²) in [6.45, 7) is 5.77. The Morgan fingerprint density at radius 1 is 1.30 bits per heavy atom. The van der Waals surface area contributed by atoms with Gasteiger partial charge in [-0.05, 0) is 71.1 Å². The number of rotatable bonds is 8. The molecule has 1 fully saturated rings. The molecule has 0 spiro atoms. The Hall–Kier alpha value is -0.540. The number of hydrogen-bond acceptors (Lipinski definition) is 2. The second-order valence-corrected chi connectivity index (χ2v) is 6.86. The van der Waals surface area contributed by atoms with Crippen LogP contribution in [-0.2, 0) is 6.42 Å². The third-order valence-electron chi connectivity index (χ3n) is 4.64. The second kappa shape index (κ2) is 6.95. The smallest absolute Gasteiger partial charge is 0.133 e. The Balaban J connectivity index is 2.07. The number of benzene rings is 1. The molecule has 1 aliphatic rings. The highest BCUT2D eigenvalue weighted by molar-refractivity contribution is 9.10. The minimum Gasteiger partial charge on any atom is -0.496 e. The van der Waals surface area contributed by atoms with Gasteiger partial charge in [-0.3, -0.25) is 0 Å². The van der Waals surface area contributed by atoms with E-state index in [1.165, 1.54) is 31.2 Å². The molecule has 0 bridgehead atoms. The van der Waals surface area contributed by atoms with Crippen LogP contribution in [-0.4, -0.2) is 19.7 Å². The van der Waals surface area contributed by atoms with Crippen LogP contribution in [0.5, 0.6) is 5.75 Å². The van der Waals surface area contributed by atoms with E-state index in [0.717, 1.165) is 29.2 Å². The number of nitrogens with one attached hydrogen (secondary N) is 1. The lowest BCUT2D eigenvalue weighted by Crippen LogP contribution is -2.36. The van der Waals surface area contributed by atoms with Gasteiger partial charge in [0.2, 0.25) is 0 Å². The standard InChI is InChI=1S/C17H26BrNO/c1-4-17(5-2,12-19-14-7-8-14)11-13-6-9-16(20-3)15(18)10-13/h6,9-10,14,19H,4-5,7-8,11-12H2,1-3H3. The quantitative estimate of drug-likeness (QED) is 0.749. The molecule has 0 amide bonds. The van der Waals surface area contributed by atoms with Gasteiger partial charge in [0.1, 0.15) is 5.75 Å². The van der Waals surface area contributed by atoms with Gasteiger partial charge in [0.15, 0.2) is 0 Å². The van der Waals surface area contributed by atoms with Gasteiger partial charge in [-0.25, -0.2) is 0 Å². The first kappa shape index (κ1) is 15.8. The normalized spacial score (nSPS) is 15.4. The Morgan fingerprint density at radius 2 is 2.00 bits per heavy atom. The first-order valence-corrected chi connectivity index (χ1v) is 8.47. The largest absolute Gasteiger partial charge is 0.496 e. The van der Waals surface area contributed by atoms with E-state index < -0.39 is 0 Å². The van der Waals surface area contributed by atoms with E-state index >= 15 is 0 Å². The fraction of sp³-hybridized carbons (Fsp3) is 0.647. The SMILES string of the molecule is CCC(CC)(CNC1CC1)Cc1ccc(OC)c(Br)c1. The molecular formula is C17H26BrNO. The van der Waals surface area contributed by atoms with Crippen molar-refractivity contribution in [2.24, 2.45) is 5.41 Å². The third kappa shape index (κ3) is 3.98. The average Bonchev–Trinajstić information content (AvgIpc) is 3.28. The Labute approximate surface area is 131 Å². The van der Waals surface area contributed by atoms with Crippen molar-refractivity contribution >= 4 is 15.9 Å². The van der Waals surface area contributed by atoms with Crippen LogP contribution in [0.3, 0.4) is 0 Å². The highest BCUT2D eigenvalue weighted by atomic mass is 79.9. The van der Waals surface area contributed by atoms with E-state index in [1.54, 1.807) is 7.11 Å². The van der Waals surface area contributed by atoms with E-state index in [2.05, 4.69) is 53.3 Å². The summed E-state index contributed by atoms with van der Waals surface area (Å²) in [5.74, 6) is 0.906. The van der Waals surface area contributed by atoms with Crippen molar-refractivity contribution in [3.8, 4) is 5.75 Å². The molecule has 1 saturated carbocycles. The number of ether oxygens (including phenoxy) is 1. The summed E-state index contributed by atoms with van der Waals surface area (Å²) >= 11 is 3.59. The van der Waals surface area contributed by atoms with Crippen LogP contribution in [0.25, 0.3) is 0 Å². The summed E-state index contributed by atoms with van der Waals surface area (Å²) in [6.07, 6.45) is 6.28. The molecule has 112 valence electrons. The molecule has 1 N–H and O–H groups in total. The molecule has 0 heterocycles. The Morgan fingerprint density at radius 3 is 2.50 bits per heavy atom. The molecule has 0 aliphatic heterocycles. The lowest BCUT2D eigenvalue weighted by atomic mass is 9.77. The van der Waals surface area contributed by atoms with Crippen LogP contribution < -0.4 is 10.1 Å². The number of halogens is 1. The average molecular weight is 340 g/mol. The fourth-order valence-corrected chi connectivity index (χ4v) is 3.30. The van der Waals surface area contributed by atoms with Gasteiger partial charge in [-0.2, -0.15) is 0 Å².